The van der Waals surface area contributed by atoms with E-state index in [4.69, 9.17) is 4.74 Å². The maximum Gasteiger partial charge on any atom is 0.319 e. The minimum Gasteiger partial charge on any atom is -0.497 e. The topological polar surface area (TPSA) is 82.7 Å². The minimum absolute atomic E-state index is 0.00407. The van der Waals surface area contributed by atoms with Crippen molar-refractivity contribution in [2.45, 2.75) is 26.3 Å². The molecule has 3 N–H and O–H groups in total. The zero-order chi connectivity index (χ0) is 22.1. The number of ether oxygens (including phenoxy) is 1. The number of rotatable bonds is 9. The molecule has 162 valence electrons. The fourth-order valence-electron chi connectivity index (χ4n) is 3.03. The average Bonchev–Trinajstić information content (AvgIpc) is 2.69. The van der Waals surface area contributed by atoms with Gasteiger partial charge in [-0.3, -0.25) is 4.79 Å². The zero-order valence-electron chi connectivity index (χ0n) is 18.4. The van der Waals surface area contributed by atoms with Crippen LogP contribution in [0.25, 0.3) is 0 Å². The van der Waals surface area contributed by atoms with Crippen LogP contribution in [-0.2, 0) is 4.79 Å². The monoisotopic (exact) mass is 412 g/mol. The number of hydrogen-bond acceptors (Lipinski definition) is 4. The van der Waals surface area contributed by atoms with Crippen LogP contribution < -0.4 is 20.7 Å². The first kappa shape index (κ1) is 23.2. The standard InChI is InChI=1S/C23H32N4O3/c1-16(2)13-22(28)25-18-9-11-19(12-10-18)26-23(29)24-15-21(27(3)4)17-7-6-8-20(14-17)30-5/h6-12,14,16,21H,13,15H2,1-5H3,(H,25,28)(H2,24,26,29). The van der Waals surface area contributed by atoms with Crippen LogP contribution in [-0.4, -0.2) is 44.6 Å². The number of methoxy groups -OCH3 is 1. The van der Waals surface area contributed by atoms with Crippen molar-refractivity contribution in [2.75, 3.05) is 38.4 Å². The van der Waals surface area contributed by atoms with Crippen LogP contribution in [0.15, 0.2) is 48.5 Å². The second-order valence-electron chi connectivity index (χ2n) is 7.81. The molecule has 3 amide bonds. The predicted octanol–water partition coefficient (Wildman–Crippen LogP) is 4.10. The molecule has 0 heterocycles. The van der Waals surface area contributed by atoms with Crippen molar-refractivity contribution in [3.8, 4) is 5.75 Å². The van der Waals surface area contributed by atoms with Gasteiger partial charge >= 0.3 is 6.03 Å². The summed E-state index contributed by atoms with van der Waals surface area (Å²) >= 11 is 0. The summed E-state index contributed by atoms with van der Waals surface area (Å²) in [7, 11) is 5.57. The fraction of sp³-hybridized carbons (Fsp3) is 0.391. The molecule has 0 aliphatic carbocycles. The molecule has 7 heteroatoms. The predicted molar refractivity (Wildman–Crippen MR) is 121 cm³/mol. The van der Waals surface area contributed by atoms with E-state index in [-0.39, 0.29) is 18.0 Å². The highest BCUT2D eigenvalue weighted by atomic mass is 16.5. The van der Waals surface area contributed by atoms with E-state index < -0.39 is 0 Å². The number of amides is 3. The van der Waals surface area contributed by atoms with Gasteiger partial charge in [0.15, 0.2) is 0 Å². The first-order valence-corrected chi connectivity index (χ1v) is 10.0. The lowest BCUT2D eigenvalue weighted by Crippen LogP contribution is -2.36. The smallest absolute Gasteiger partial charge is 0.319 e. The molecule has 0 aliphatic heterocycles. The number of carbonyl (C=O) groups is 2. The van der Waals surface area contributed by atoms with Gasteiger partial charge in [-0.15, -0.1) is 0 Å². The highest BCUT2D eigenvalue weighted by Crippen LogP contribution is 2.22. The summed E-state index contributed by atoms with van der Waals surface area (Å²) in [5, 5.41) is 8.58. The van der Waals surface area contributed by atoms with E-state index in [1.807, 2.05) is 57.1 Å². The number of urea groups is 1. The molecular formula is C23H32N4O3. The van der Waals surface area contributed by atoms with Crippen molar-refractivity contribution in [1.82, 2.24) is 10.2 Å². The largest absolute Gasteiger partial charge is 0.497 e. The van der Waals surface area contributed by atoms with Gasteiger partial charge in [-0.1, -0.05) is 26.0 Å². The van der Waals surface area contributed by atoms with Crippen molar-refractivity contribution in [1.29, 1.82) is 0 Å². The fourth-order valence-corrected chi connectivity index (χ4v) is 3.03. The van der Waals surface area contributed by atoms with Crippen LogP contribution in [0.3, 0.4) is 0 Å². The Hall–Kier alpha value is -3.06. The minimum atomic E-state index is -0.290. The number of nitrogens with zero attached hydrogens (tertiary/aromatic N) is 1. The van der Waals surface area contributed by atoms with Gasteiger partial charge in [0.1, 0.15) is 5.75 Å². The van der Waals surface area contributed by atoms with Crippen LogP contribution in [0.4, 0.5) is 16.2 Å². The number of nitrogens with one attached hydrogen (secondary N) is 3. The van der Waals surface area contributed by atoms with E-state index in [0.29, 0.717) is 30.3 Å². The summed E-state index contributed by atoms with van der Waals surface area (Å²) in [5.74, 6) is 1.07. The molecule has 0 aliphatic rings. The number of benzene rings is 2. The van der Waals surface area contributed by atoms with E-state index in [9.17, 15) is 9.59 Å². The normalized spacial score (nSPS) is 11.8. The summed E-state index contributed by atoms with van der Waals surface area (Å²) < 4.78 is 5.30. The summed E-state index contributed by atoms with van der Waals surface area (Å²) in [4.78, 5) is 26.2. The van der Waals surface area contributed by atoms with E-state index in [2.05, 4.69) is 16.0 Å². The molecule has 0 aromatic heterocycles. The van der Waals surface area contributed by atoms with Gasteiger partial charge in [-0.2, -0.15) is 0 Å². The second kappa shape index (κ2) is 11.2. The third kappa shape index (κ3) is 7.40. The second-order valence-corrected chi connectivity index (χ2v) is 7.81. The molecule has 1 unspecified atom stereocenters. The Balaban J connectivity index is 1.90. The zero-order valence-corrected chi connectivity index (χ0v) is 18.4. The summed E-state index contributed by atoms with van der Waals surface area (Å²) in [6, 6.07) is 14.6. The molecule has 1 atom stereocenters. The van der Waals surface area contributed by atoms with Crippen LogP contribution >= 0.6 is 0 Å². The van der Waals surface area contributed by atoms with Gasteiger partial charge in [-0.05, 0) is 62.0 Å². The molecular weight excluding hydrogens is 380 g/mol. The summed E-state index contributed by atoms with van der Waals surface area (Å²) in [6.07, 6.45) is 0.475. The van der Waals surface area contributed by atoms with Gasteiger partial charge in [0.05, 0.1) is 13.2 Å². The lowest BCUT2D eigenvalue weighted by molar-refractivity contribution is -0.116. The molecule has 2 aromatic carbocycles. The van der Waals surface area contributed by atoms with E-state index in [0.717, 1.165) is 11.3 Å². The van der Waals surface area contributed by atoms with Gasteiger partial charge in [0, 0.05) is 24.3 Å². The van der Waals surface area contributed by atoms with E-state index in [1.165, 1.54) is 0 Å². The van der Waals surface area contributed by atoms with Crippen LogP contribution in [0, 0.1) is 5.92 Å². The molecule has 2 rings (SSSR count). The first-order valence-electron chi connectivity index (χ1n) is 10.0. The van der Waals surface area contributed by atoms with Crippen molar-refractivity contribution in [3.05, 3.63) is 54.1 Å². The first-order chi connectivity index (χ1) is 14.3. The lowest BCUT2D eigenvalue weighted by atomic mass is 10.1. The van der Waals surface area contributed by atoms with E-state index in [1.54, 1.807) is 31.4 Å². The third-order valence-electron chi connectivity index (χ3n) is 4.58. The van der Waals surface area contributed by atoms with E-state index >= 15 is 0 Å². The highest BCUT2D eigenvalue weighted by Gasteiger charge is 2.16. The molecule has 2 aromatic rings. The maximum atomic E-state index is 12.3. The van der Waals surface area contributed by atoms with Crippen LogP contribution in [0.2, 0.25) is 0 Å². The Morgan fingerprint density at radius 2 is 1.63 bits per heavy atom. The highest BCUT2D eigenvalue weighted by molar-refractivity contribution is 5.92. The quantitative estimate of drug-likeness (QED) is 0.579. The van der Waals surface area contributed by atoms with Crippen LogP contribution in [0.1, 0.15) is 31.9 Å². The molecule has 0 saturated carbocycles. The van der Waals surface area contributed by atoms with Gasteiger partial charge in [0.2, 0.25) is 5.91 Å². The molecule has 0 spiro atoms. The number of hydrogen-bond donors (Lipinski definition) is 3. The maximum absolute atomic E-state index is 12.3. The van der Waals surface area contributed by atoms with Crippen molar-refractivity contribution < 1.29 is 14.3 Å². The molecule has 0 saturated heterocycles. The van der Waals surface area contributed by atoms with Gasteiger partial charge < -0.3 is 25.6 Å². The molecule has 0 radical (unpaired) electrons. The average molecular weight is 413 g/mol. The third-order valence-corrected chi connectivity index (χ3v) is 4.58. The molecule has 7 nitrogen and oxygen atoms in total. The Morgan fingerprint density at radius 3 is 2.20 bits per heavy atom. The Kier molecular flexibility index (Phi) is 8.68. The SMILES string of the molecule is COc1cccc(C(CNC(=O)Nc2ccc(NC(=O)CC(C)C)cc2)N(C)C)c1. The Bertz CT molecular complexity index is 835. The molecule has 30 heavy (non-hydrogen) atoms. The molecule has 0 bridgehead atoms. The van der Waals surface area contributed by atoms with Crippen molar-refractivity contribution in [2.24, 2.45) is 5.92 Å². The van der Waals surface area contributed by atoms with Crippen LogP contribution in [0.5, 0.6) is 5.75 Å². The molecule has 0 fully saturated rings. The number of anilines is 2. The summed E-state index contributed by atoms with van der Waals surface area (Å²) in [6.45, 7) is 4.44. The number of carbonyl (C=O) groups excluding carboxylic acids is 2. The van der Waals surface area contributed by atoms with Crippen molar-refractivity contribution in [3.63, 3.8) is 0 Å². The number of likely N-dealkylation sites (N-methyl/N-ethyl adjacent to an activating group) is 1. The van der Waals surface area contributed by atoms with Gasteiger partial charge in [0.25, 0.3) is 0 Å². The lowest BCUT2D eigenvalue weighted by Gasteiger charge is -2.25. The summed E-state index contributed by atoms with van der Waals surface area (Å²) in [5.41, 5.74) is 2.41. The van der Waals surface area contributed by atoms with Gasteiger partial charge in [-0.25, -0.2) is 4.79 Å². The Morgan fingerprint density at radius 1 is 1.00 bits per heavy atom. The van der Waals surface area contributed by atoms with Crippen molar-refractivity contribution >= 4 is 23.3 Å². The Labute approximate surface area is 178 Å².